The minimum absolute atomic E-state index is 0.0145. The van der Waals surface area contributed by atoms with Gasteiger partial charge in [0, 0.05) is 78.9 Å². The Morgan fingerprint density at radius 2 is 1.68 bits per heavy atom. The lowest BCUT2D eigenvalue weighted by Crippen LogP contribution is -2.61. The predicted octanol–water partition coefficient (Wildman–Crippen LogP) is 7.13. The Morgan fingerprint density at radius 3 is 2.40 bits per heavy atom. The minimum Gasteiger partial charge on any atom is -0.370 e. The van der Waals surface area contributed by atoms with Crippen LogP contribution in [-0.2, 0) is 51.0 Å². The van der Waals surface area contributed by atoms with Crippen LogP contribution in [0.2, 0.25) is 0 Å². The SMILES string of the molecule is CC(C)(C)c1ccc(-c2cnc([C@H](CCC(N)=O)NC(=O)[C@@H]3CC[C@@H]4CCN(C(=O)CCCCCC#Cc5cccc6c5CN(C5CCC(=O)NC5=O)C6=O)C[C@H](NC(=O)c5cc6cc(C(F)(F)P(=O)(O)O)ccc6s5)C(=O)N43)s2)cc1. The Bertz CT molecular complexity index is 3470. The highest BCUT2D eigenvalue weighted by atomic mass is 32.1. The van der Waals surface area contributed by atoms with E-state index in [1.54, 1.807) is 18.3 Å². The number of amides is 8. The Hall–Kier alpha value is -7.22. The number of alkyl halides is 2. The molecule has 9 rings (SSSR count). The quantitative estimate of drug-likeness (QED) is 0.0235. The number of nitrogens with two attached hydrogens (primary N) is 1. The van der Waals surface area contributed by atoms with Gasteiger partial charge in [0.25, 0.3) is 11.8 Å². The van der Waals surface area contributed by atoms with Crippen molar-refractivity contribution in [1.82, 2.24) is 35.6 Å². The van der Waals surface area contributed by atoms with Crippen LogP contribution in [0, 0.1) is 11.8 Å². The summed E-state index contributed by atoms with van der Waals surface area (Å²) in [5.41, 5.74) is 3.99. The molecule has 3 fully saturated rings. The number of piperidine rings is 1. The van der Waals surface area contributed by atoms with Crippen LogP contribution in [-0.4, -0.2) is 114 Å². The molecule has 24 heteroatoms. The molecule has 3 saturated heterocycles. The molecule has 1 unspecified atom stereocenters. The van der Waals surface area contributed by atoms with Crippen LogP contribution in [0.5, 0.6) is 0 Å². The van der Waals surface area contributed by atoms with Crippen LogP contribution in [0.3, 0.4) is 0 Å². The molecule has 19 nitrogen and oxygen atoms in total. The van der Waals surface area contributed by atoms with Gasteiger partial charge in [0.05, 0.1) is 15.8 Å². The van der Waals surface area contributed by atoms with Crippen LogP contribution in [0.1, 0.15) is 151 Å². The molecule has 5 aromatic rings. The second-order valence-corrected chi connectivity index (χ2v) is 25.9. The highest BCUT2D eigenvalue weighted by Crippen LogP contribution is 2.59. The van der Waals surface area contributed by atoms with Crippen LogP contribution < -0.4 is 21.7 Å². The van der Waals surface area contributed by atoms with Gasteiger partial charge in [0.2, 0.25) is 35.4 Å². The van der Waals surface area contributed by atoms with Gasteiger partial charge >= 0.3 is 13.3 Å². The van der Waals surface area contributed by atoms with E-state index in [1.165, 1.54) is 38.2 Å². The lowest BCUT2D eigenvalue weighted by atomic mass is 9.87. The summed E-state index contributed by atoms with van der Waals surface area (Å²) in [5.74, 6) is 2.40. The average Bonchev–Trinajstić information content (AvgIpc) is 4.41. The van der Waals surface area contributed by atoms with Crippen molar-refractivity contribution in [3.63, 3.8) is 0 Å². The van der Waals surface area contributed by atoms with Gasteiger partial charge in [-0.25, -0.2) is 4.98 Å². The minimum atomic E-state index is -5.90. The number of hydrogen-bond acceptors (Lipinski definition) is 12. The maximum atomic E-state index is 15.0. The molecular formula is C58H63F2N8O11PS2. The lowest BCUT2D eigenvalue weighted by molar-refractivity contribution is -0.145. The summed E-state index contributed by atoms with van der Waals surface area (Å²) in [6.45, 7) is 6.48. The largest absolute Gasteiger partial charge is 0.399 e. The van der Waals surface area contributed by atoms with E-state index in [0.29, 0.717) is 64.9 Å². The maximum Gasteiger partial charge on any atom is 0.399 e. The Labute approximate surface area is 479 Å². The van der Waals surface area contributed by atoms with E-state index >= 15 is 4.79 Å². The summed E-state index contributed by atoms with van der Waals surface area (Å²) < 4.78 is 41.5. The van der Waals surface area contributed by atoms with E-state index in [1.807, 2.05) is 18.2 Å². The highest BCUT2D eigenvalue weighted by molar-refractivity contribution is 7.52. The molecule has 4 aliphatic rings. The highest BCUT2D eigenvalue weighted by Gasteiger charge is 2.51. The van der Waals surface area contributed by atoms with Gasteiger partial charge in [-0.05, 0) is 103 Å². The second-order valence-electron chi connectivity index (χ2n) is 22.1. The summed E-state index contributed by atoms with van der Waals surface area (Å²) >= 11 is 2.25. The summed E-state index contributed by atoms with van der Waals surface area (Å²) in [6, 6.07) is 13.2. The van der Waals surface area contributed by atoms with Crippen molar-refractivity contribution < 1.29 is 61.5 Å². The molecule has 4 aliphatic heterocycles. The fraction of sp³-hybridized carbons (Fsp3) is 0.431. The van der Waals surface area contributed by atoms with Gasteiger partial charge in [-0.15, -0.1) is 22.7 Å². The molecule has 0 spiro atoms. The smallest absolute Gasteiger partial charge is 0.370 e. The number of benzene rings is 3. The van der Waals surface area contributed by atoms with E-state index in [0.717, 1.165) is 39.5 Å². The van der Waals surface area contributed by atoms with E-state index in [4.69, 9.17) is 5.73 Å². The third-order valence-corrected chi connectivity index (χ3v) is 18.7. The number of halogens is 2. The van der Waals surface area contributed by atoms with Gasteiger partial charge in [-0.3, -0.25) is 48.2 Å². The van der Waals surface area contributed by atoms with Crippen LogP contribution in [0.25, 0.3) is 20.5 Å². The number of imide groups is 1. The van der Waals surface area contributed by atoms with Crippen LogP contribution in [0.4, 0.5) is 8.78 Å². The molecule has 8 amide bonds. The average molecular weight is 1180 g/mol. The summed E-state index contributed by atoms with van der Waals surface area (Å²) in [5, 5.41) is 8.75. The maximum absolute atomic E-state index is 15.0. The molecule has 7 N–H and O–H groups in total. The number of nitrogens with one attached hydrogen (secondary N) is 3. The monoisotopic (exact) mass is 1180 g/mol. The number of hydrogen-bond donors (Lipinski definition) is 6. The number of thiazole rings is 1. The number of rotatable bonds is 17. The van der Waals surface area contributed by atoms with Crippen molar-refractivity contribution in [1.29, 1.82) is 0 Å². The standard InChI is InChI=1S/C58H63F2N8O11PS2/c1-57(2,3)36-16-14-34(15-17-36)47-30-62-54(82-47)41(20-24-48(61)69)63-52(73)44-21-19-38-26-27-66(32-42(56(76)68(38)44)64-53(74)46-29-35-28-37(18-23-45(35)81-46)58(59,60)80(77,78)79)50(71)13-8-6-4-5-7-10-33-11-9-12-39-40(33)31-67(55(39)75)43-22-25-49(70)65-51(43)72/h9,11-12,14-18,23,28-30,38,41-44H,4-6,8,13,19-22,24-27,31-32H2,1-3H3,(H2,61,69)(H,63,73)(H,64,74)(H,65,70,72)(H2,77,78,79)/t38-,41+,42+,43?,44+/m1/s1. The number of nitrogens with zero attached hydrogens (tertiary/aromatic N) is 4. The number of primary amides is 1. The van der Waals surface area contributed by atoms with Gasteiger partial charge in [0.15, 0.2) is 0 Å². The zero-order valence-corrected chi connectivity index (χ0v) is 47.9. The Kier molecular flexibility index (Phi) is 17.6. The fourth-order valence-electron chi connectivity index (χ4n) is 10.9. The van der Waals surface area contributed by atoms with Crippen LogP contribution in [0.15, 0.2) is 72.9 Å². The van der Waals surface area contributed by atoms with E-state index in [-0.39, 0.29) is 91.6 Å². The molecule has 3 aromatic carbocycles. The topological polar surface area (TPSA) is 279 Å². The molecule has 82 heavy (non-hydrogen) atoms. The number of aromatic nitrogens is 1. The molecular weight excluding hydrogens is 1120 g/mol. The second kappa shape index (κ2) is 24.3. The Morgan fingerprint density at radius 1 is 0.927 bits per heavy atom. The number of carbonyl (C=O) groups is 8. The van der Waals surface area contributed by atoms with Crippen molar-refractivity contribution in [2.45, 2.75) is 146 Å². The van der Waals surface area contributed by atoms with E-state index in [2.05, 4.69) is 65.7 Å². The predicted molar refractivity (Wildman–Crippen MR) is 302 cm³/mol. The summed E-state index contributed by atoms with van der Waals surface area (Å²) in [6.07, 6.45) is 5.44. The van der Waals surface area contributed by atoms with Crippen LogP contribution >= 0.6 is 30.3 Å². The zero-order valence-electron chi connectivity index (χ0n) is 45.4. The van der Waals surface area contributed by atoms with Gasteiger partial charge in [-0.2, -0.15) is 8.78 Å². The lowest BCUT2D eigenvalue weighted by Gasteiger charge is -2.39. The molecule has 6 heterocycles. The zero-order chi connectivity index (χ0) is 58.8. The van der Waals surface area contributed by atoms with E-state index in [9.17, 15) is 56.7 Å². The third kappa shape index (κ3) is 13.0. The third-order valence-electron chi connectivity index (χ3n) is 15.5. The molecule has 5 atom stereocenters. The fourth-order valence-corrected chi connectivity index (χ4v) is 13.3. The first-order valence-electron chi connectivity index (χ1n) is 27.2. The summed E-state index contributed by atoms with van der Waals surface area (Å²) in [7, 11) is -5.90. The van der Waals surface area contributed by atoms with Crippen molar-refractivity contribution in [2.75, 3.05) is 13.1 Å². The van der Waals surface area contributed by atoms with Crippen molar-refractivity contribution >= 4 is 87.6 Å². The molecule has 432 valence electrons. The molecule has 2 aromatic heterocycles. The normalized spacial score (nSPS) is 19.9. The number of fused-ring (bicyclic) bond motifs is 3. The number of thiophene rings is 1. The molecule has 0 radical (unpaired) electrons. The number of carbonyl (C=O) groups excluding carboxylic acids is 8. The van der Waals surface area contributed by atoms with E-state index < -0.39 is 78.6 Å². The first-order valence-corrected chi connectivity index (χ1v) is 30.4. The van der Waals surface area contributed by atoms with Crippen molar-refractivity contribution in [2.24, 2.45) is 5.73 Å². The molecule has 0 bridgehead atoms. The first-order chi connectivity index (χ1) is 38.9. The van der Waals surface area contributed by atoms with Gasteiger partial charge in [0.1, 0.15) is 23.1 Å². The van der Waals surface area contributed by atoms with Gasteiger partial charge < -0.3 is 40.9 Å². The molecule has 0 saturated carbocycles. The Balaban J connectivity index is 0.885. The molecule has 0 aliphatic carbocycles. The number of unbranched alkanes of at least 4 members (excludes halogenated alkanes) is 3. The summed E-state index contributed by atoms with van der Waals surface area (Å²) in [4.78, 5) is 136. The first kappa shape index (κ1) is 59.4. The van der Waals surface area contributed by atoms with Gasteiger partial charge in [-0.1, -0.05) is 75.4 Å². The van der Waals surface area contributed by atoms with Crippen molar-refractivity contribution in [3.05, 3.63) is 111 Å². The van der Waals surface area contributed by atoms with Crippen molar-refractivity contribution in [3.8, 4) is 22.3 Å².